The third kappa shape index (κ3) is 4.27. The summed E-state index contributed by atoms with van der Waals surface area (Å²) in [5.74, 6) is 1.70. The molecule has 0 aliphatic heterocycles. The molecule has 0 saturated heterocycles. The lowest BCUT2D eigenvalue weighted by Crippen LogP contribution is -2.32. The smallest absolute Gasteiger partial charge is 0.188 e. The van der Waals surface area contributed by atoms with Gasteiger partial charge in [0.25, 0.3) is 0 Å². The quantitative estimate of drug-likeness (QED) is 0.486. The van der Waals surface area contributed by atoms with E-state index in [-0.39, 0.29) is 14.9 Å². The average Bonchev–Trinajstić information content (AvgIpc) is 2.98. The second-order valence-electron chi connectivity index (χ2n) is 5.51. The first kappa shape index (κ1) is 18.3. The summed E-state index contributed by atoms with van der Waals surface area (Å²) in [6.45, 7) is 0.824. The molecule has 2 aromatic carbocycles. The second kappa shape index (κ2) is 8.15. The summed E-state index contributed by atoms with van der Waals surface area (Å²) in [7, 11) is 0. The number of pyridine rings is 1. The maximum atomic E-state index is 5.89. The van der Waals surface area contributed by atoms with Crippen molar-refractivity contribution in [3.8, 4) is 11.5 Å². The molecule has 4 rings (SSSR count). The summed E-state index contributed by atoms with van der Waals surface area (Å²) >= 11 is 0. The minimum absolute atomic E-state index is 0. The summed E-state index contributed by atoms with van der Waals surface area (Å²) in [6, 6.07) is 24.2. The van der Waals surface area contributed by atoms with Gasteiger partial charge in [0.1, 0.15) is 11.5 Å². The van der Waals surface area contributed by atoms with Crippen LogP contribution in [0.5, 0.6) is 11.5 Å². The van der Waals surface area contributed by atoms with Crippen LogP contribution in [-0.2, 0) is 6.54 Å². The monoisotopic (exact) mass is 333 g/mol. The highest BCUT2D eigenvalue weighted by molar-refractivity contribution is 5.82. The van der Waals surface area contributed by atoms with Gasteiger partial charge in [0.2, 0.25) is 0 Å². The SMILES string of the molecule is C.C.c1ccc(Oc2ccc3[nH]c(C[n+]4ccccc4)cc3c2)cc1. The minimum atomic E-state index is 0. The predicted octanol–water partition coefficient (Wildman–Crippen LogP) is 5.57. The lowest BCUT2D eigenvalue weighted by Gasteiger charge is -2.04. The third-order valence-electron chi connectivity index (χ3n) is 3.76. The van der Waals surface area contributed by atoms with Gasteiger partial charge in [0.05, 0.1) is 5.69 Å². The van der Waals surface area contributed by atoms with E-state index in [4.69, 9.17) is 4.74 Å². The van der Waals surface area contributed by atoms with Crippen LogP contribution in [0.1, 0.15) is 20.5 Å². The molecule has 2 heterocycles. The molecule has 0 fully saturated rings. The molecule has 3 nitrogen and oxygen atoms in total. The Morgan fingerprint density at radius 2 is 1.48 bits per heavy atom. The Morgan fingerprint density at radius 3 is 2.24 bits per heavy atom. The molecule has 0 unspecified atom stereocenters. The number of aromatic nitrogens is 2. The Bertz CT molecular complexity index is 875. The fraction of sp³-hybridized carbons (Fsp3) is 0.136. The first-order chi connectivity index (χ1) is 11.4. The molecule has 25 heavy (non-hydrogen) atoms. The molecule has 0 aliphatic rings. The first-order valence-electron chi connectivity index (χ1n) is 7.65. The van der Waals surface area contributed by atoms with Gasteiger partial charge in [0.15, 0.2) is 18.9 Å². The van der Waals surface area contributed by atoms with Crippen molar-refractivity contribution in [2.45, 2.75) is 21.4 Å². The fourth-order valence-corrected chi connectivity index (χ4v) is 2.68. The molecule has 4 aromatic rings. The van der Waals surface area contributed by atoms with Crippen LogP contribution < -0.4 is 9.30 Å². The van der Waals surface area contributed by atoms with Crippen LogP contribution in [0.3, 0.4) is 0 Å². The Balaban J connectivity index is 0.00000113. The van der Waals surface area contributed by atoms with E-state index in [0.29, 0.717) is 0 Å². The van der Waals surface area contributed by atoms with Gasteiger partial charge in [-0.05, 0) is 36.4 Å². The number of hydrogen-bond donors (Lipinski definition) is 1. The lowest BCUT2D eigenvalue weighted by atomic mass is 10.2. The summed E-state index contributed by atoms with van der Waals surface area (Å²) in [5.41, 5.74) is 2.30. The average molecular weight is 333 g/mol. The molecule has 0 bridgehead atoms. The molecule has 0 spiro atoms. The van der Waals surface area contributed by atoms with Crippen LogP contribution in [0.15, 0.2) is 85.2 Å². The largest absolute Gasteiger partial charge is 0.457 e. The van der Waals surface area contributed by atoms with Crippen molar-refractivity contribution >= 4 is 10.9 Å². The Labute approximate surface area is 149 Å². The number of nitrogens with zero attached hydrogens (tertiary/aromatic N) is 1. The molecule has 1 N–H and O–H groups in total. The highest BCUT2D eigenvalue weighted by Gasteiger charge is 2.07. The Morgan fingerprint density at radius 1 is 0.760 bits per heavy atom. The van der Waals surface area contributed by atoms with Crippen molar-refractivity contribution < 1.29 is 9.30 Å². The van der Waals surface area contributed by atoms with E-state index >= 15 is 0 Å². The van der Waals surface area contributed by atoms with E-state index in [9.17, 15) is 0 Å². The van der Waals surface area contributed by atoms with E-state index in [0.717, 1.165) is 28.9 Å². The maximum absolute atomic E-state index is 5.89. The summed E-state index contributed by atoms with van der Waals surface area (Å²) in [5, 5.41) is 1.16. The van der Waals surface area contributed by atoms with Gasteiger partial charge < -0.3 is 9.72 Å². The standard InChI is InChI=1S/C20H17N2O.2CH4/c1-3-7-18(8-4-1)23-19-9-10-20-16(14-19)13-17(21-20)15-22-11-5-2-6-12-22;;/h1-14,21H,15H2;2*1H4/q+1;;. The summed E-state index contributed by atoms with van der Waals surface area (Å²) in [6.07, 6.45) is 4.13. The molecular formula is C22H25N2O+. The van der Waals surface area contributed by atoms with E-state index in [1.165, 1.54) is 5.69 Å². The van der Waals surface area contributed by atoms with Crippen LogP contribution in [0, 0.1) is 0 Å². The number of para-hydroxylation sites is 1. The number of fused-ring (bicyclic) bond motifs is 1. The topological polar surface area (TPSA) is 28.9 Å². The van der Waals surface area contributed by atoms with Crippen molar-refractivity contribution in [2.24, 2.45) is 0 Å². The number of H-pyrrole nitrogens is 1. The number of aromatic amines is 1. The van der Waals surface area contributed by atoms with E-state index in [1.807, 2.05) is 54.6 Å². The number of nitrogens with one attached hydrogen (secondary N) is 1. The first-order valence-corrected chi connectivity index (χ1v) is 7.65. The second-order valence-corrected chi connectivity index (χ2v) is 5.51. The van der Waals surface area contributed by atoms with Crippen LogP contribution in [-0.4, -0.2) is 4.98 Å². The molecule has 0 aliphatic carbocycles. The molecule has 0 saturated carbocycles. The fourth-order valence-electron chi connectivity index (χ4n) is 2.68. The zero-order valence-electron chi connectivity index (χ0n) is 12.6. The maximum Gasteiger partial charge on any atom is 0.188 e. The summed E-state index contributed by atoms with van der Waals surface area (Å²) < 4.78 is 8.04. The van der Waals surface area contributed by atoms with Crippen molar-refractivity contribution in [1.82, 2.24) is 4.98 Å². The highest BCUT2D eigenvalue weighted by Crippen LogP contribution is 2.25. The van der Waals surface area contributed by atoms with Gasteiger partial charge in [-0.15, -0.1) is 0 Å². The normalized spacial score (nSPS) is 9.92. The predicted molar refractivity (Wildman–Crippen MR) is 104 cm³/mol. The zero-order chi connectivity index (χ0) is 15.5. The molecule has 0 atom stereocenters. The van der Waals surface area contributed by atoms with Gasteiger partial charge in [-0.25, -0.2) is 0 Å². The minimum Gasteiger partial charge on any atom is -0.457 e. The van der Waals surface area contributed by atoms with Gasteiger partial charge >= 0.3 is 0 Å². The summed E-state index contributed by atoms with van der Waals surface area (Å²) in [4.78, 5) is 3.46. The highest BCUT2D eigenvalue weighted by atomic mass is 16.5. The van der Waals surface area contributed by atoms with Gasteiger partial charge in [-0.2, -0.15) is 4.57 Å². The molecular weight excluding hydrogens is 308 g/mol. The molecule has 2 aromatic heterocycles. The number of benzene rings is 2. The zero-order valence-corrected chi connectivity index (χ0v) is 12.6. The lowest BCUT2D eigenvalue weighted by molar-refractivity contribution is -0.688. The van der Waals surface area contributed by atoms with Crippen molar-refractivity contribution in [3.63, 3.8) is 0 Å². The van der Waals surface area contributed by atoms with E-state index in [2.05, 4.69) is 40.1 Å². The van der Waals surface area contributed by atoms with Crippen LogP contribution in [0.25, 0.3) is 10.9 Å². The van der Waals surface area contributed by atoms with Crippen molar-refractivity contribution in [3.05, 3.63) is 90.9 Å². The van der Waals surface area contributed by atoms with Crippen LogP contribution in [0.4, 0.5) is 0 Å². The number of rotatable bonds is 4. The van der Waals surface area contributed by atoms with E-state index in [1.54, 1.807) is 0 Å². The van der Waals surface area contributed by atoms with Crippen molar-refractivity contribution in [2.75, 3.05) is 0 Å². The molecule has 0 amide bonds. The van der Waals surface area contributed by atoms with Crippen molar-refractivity contribution in [1.29, 1.82) is 0 Å². The third-order valence-corrected chi connectivity index (χ3v) is 3.76. The molecule has 128 valence electrons. The van der Waals surface area contributed by atoms with Gasteiger partial charge in [-0.3, -0.25) is 0 Å². The number of ether oxygens (including phenoxy) is 1. The van der Waals surface area contributed by atoms with Gasteiger partial charge in [0, 0.05) is 23.0 Å². The van der Waals surface area contributed by atoms with Crippen LogP contribution in [0.2, 0.25) is 0 Å². The van der Waals surface area contributed by atoms with E-state index < -0.39 is 0 Å². The Kier molecular flexibility index (Phi) is 5.96. The molecule has 0 radical (unpaired) electrons. The van der Waals surface area contributed by atoms with Crippen LogP contribution >= 0.6 is 0 Å². The number of hydrogen-bond acceptors (Lipinski definition) is 1. The van der Waals surface area contributed by atoms with Gasteiger partial charge in [-0.1, -0.05) is 39.1 Å². The Hall–Kier alpha value is -3.07. The molecule has 3 heteroatoms.